The molecule has 0 fully saturated rings. The van der Waals surface area contributed by atoms with Crippen LogP contribution in [0, 0.1) is 6.92 Å². The Morgan fingerprint density at radius 1 is 1.43 bits per heavy atom. The number of likely N-dealkylation sites (N-methyl/N-ethyl adjacent to an activating group) is 1. The van der Waals surface area contributed by atoms with E-state index in [1.54, 1.807) is 12.4 Å². The second-order valence-corrected chi connectivity index (χ2v) is 5.64. The number of hydrogen-bond donors (Lipinski definition) is 2. The Morgan fingerprint density at radius 3 is 2.81 bits per heavy atom. The van der Waals surface area contributed by atoms with Gasteiger partial charge in [0.1, 0.15) is 0 Å². The zero-order valence-electron chi connectivity index (χ0n) is 12.5. The average Bonchev–Trinajstić information content (AvgIpc) is 2.81. The largest absolute Gasteiger partial charge is 0.308 e. The number of halogens is 1. The number of pyridine rings is 1. The summed E-state index contributed by atoms with van der Waals surface area (Å²) >= 11 is 6.33. The minimum Gasteiger partial charge on any atom is -0.308 e. The Hall–Kier alpha value is -1.47. The van der Waals surface area contributed by atoms with Crippen LogP contribution in [-0.2, 0) is 6.54 Å². The van der Waals surface area contributed by atoms with Gasteiger partial charge < -0.3 is 4.90 Å². The zero-order valence-corrected chi connectivity index (χ0v) is 13.3. The normalized spacial score (nSPS) is 12.9. The molecule has 2 aromatic rings. The van der Waals surface area contributed by atoms with E-state index in [1.807, 2.05) is 38.0 Å². The van der Waals surface area contributed by atoms with Gasteiger partial charge in [0.15, 0.2) is 0 Å². The fourth-order valence-corrected chi connectivity index (χ4v) is 2.51. The van der Waals surface area contributed by atoms with Crippen molar-refractivity contribution in [2.24, 2.45) is 5.84 Å². The Morgan fingerprint density at radius 2 is 2.19 bits per heavy atom. The first-order chi connectivity index (χ1) is 10.0. The zero-order chi connectivity index (χ0) is 15.4. The summed E-state index contributed by atoms with van der Waals surface area (Å²) in [6, 6.07) is 1.73. The number of aromatic nitrogens is 3. The smallest absolute Gasteiger partial charge is 0.0897 e. The fraction of sp³-hybridized carbons (Fsp3) is 0.429. The van der Waals surface area contributed by atoms with Crippen LogP contribution >= 0.6 is 11.6 Å². The first kappa shape index (κ1) is 15.9. The molecule has 0 amide bonds. The van der Waals surface area contributed by atoms with E-state index in [4.69, 9.17) is 17.4 Å². The molecule has 3 N–H and O–H groups in total. The predicted octanol–water partition coefficient (Wildman–Crippen LogP) is 1.35. The lowest BCUT2D eigenvalue weighted by molar-refractivity contribution is 0.365. The third-order valence-corrected chi connectivity index (χ3v) is 3.70. The topological polar surface area (TPSA) is 72.0 Å². The fourth-order valence-electron chi connectivity index (χ4n) is 2.26. The first-order valence-electron chi connectivity index (χ1n) is 6.77. The standard InChI is InChI=1S/C14H21ClN6/c1-10-8-17-5-4-11(10)13(19-16)14-12(15)9-18-21(14)7-6-20(2)3/h4-5,8-9,13,19H,6-7,16H2,1-3H3. The molecule has 0 aliphatic carbocycles. The van der Waals surface area contributed by atoms with Crippen LogP contribution in [0.15, 0.2) is 24.7 Å². The van der Waals surface area contributed by atoms with Crippen LogP contribution in [0.2, 0.25) is 5.02 Å². The van der Waals surface area contributed by atoms with Gasteiger partial charge in [-0.25, -0.2) is 5.43 Å². The third-order valence-electron chi connectivity index (χ3n) is 3.41. The van der Waals surface area contributed by atoms with Gasteiger partial charge in [-0.2, -0.15) is 5.10 Å². The summed E-state index contributed by atoms with van der Waals surface area (Å²) in [5, 5.41) is 4.96. The lowest BCUT2D eigenvalue weighted by Crippen LogP contribution is -2.32. The van der Waals surface area contributed by atoms with Gasteiger partial charge >= 0.3 is 0 Å². The summed E-state index contributed by atoms with van der Waals surface area (Å²) in [4.78, 5) is 6.22. The molecule has 6 nitrogen and oxygen atoms in total. The van der Waals surface area contributed by atoms with Crippen LogP contribution < -0.4 is 11.3 Å². The van der Waals surface area contributed by atoms with E-state index in [2.05, 4.69) is 20.4 Å². The number of hydrazine groups is 1. The maximum Gasteiger partial charge on any atom is 0.0897 e. The van der Waals surface area contributed by atoms with Gasteiger partial charge in [0.2, 0.25) is 0 Å². The van der Waals surface area contributed by atoms with Gasteiger partial charge in [-0.3, -0.25) is 15.5 Å². The molecule has 0 aromatic carbocycles. The number of nitrogens with two attached hydrogens (primary N) is 1. The number of nitrogens with zero attached hydrogens (tertiary/aromatic N) is 4. The molecule has 0 saturated carbocycles. The van der Waals surface area contributed by atoms with Crippen LogP contribution in [0.1, 0.15) is 22.9 Å². The van der Waals surface area contributed by atoms with Crippen LogP contribution in [0.3, 0.4) is 0 Å². The molecule has 2 heterocycles. The Kier molecular flexibility index (Phi) is 5.30. The quantitative estimate of drug-likeness (QED) is 0.623. The van der Waals surface area contributed by atoms with E-state index in [0.29, 0.717) is 5.02 Å². The summed E-state index contributed by atoms with van der Waals surface area (Å²) in [6.45, 7) is 3.62. The highest BCUT2D eigenvalue weighted by Gasteiger charge is 2.22. The lowest BCUT2D eigenvalue weighted by Gasteiger charge is -2.21. The molecule has 114 valence electrons. The minimum atomic E-state index is -0.217. The van der Waals surface area contributed by atoms with Crippen molar-refractivity contribution < 1.29 is 0 Å². The molecule has 2 aromatic heterocycles. The van der Waals surface area contributed by atoms with Crippen molar-refractivity contribution >= 4 is 11.6 Å². The highest BCUT2D eigenvalue weighted by molar-refractivity contribution is 6.31. The van der Waals surface area contributed by atoms with E-state index in [9.17, 15) is 0 Å². The van der Waals surface area contributed by atoms with Crippen molar-refractivity contribution in [3.63, 3.8) is 0 Å². The van der Waals surface area contributed by atoms with Crippen molar-refractivity contribution in [3.8, 4) is 0 Å². The second-order valence-electron chi connectivity index (χ2n) is 5.24. The van der Waals surface area contributed by atoms with Crippen LogP contribution in [0.4, 0.5) is 0 Å². The molecule has 1 unspecified atom stereocenters. The van der Waals surface area contributed by atoms with E-state index >= 15 is 0 Å². The first-order valence-corrected chi connectivity index (χ1v) is 7.15. The molecular weight excluding hydrogens is 288 g/mol. The Labute approximate surface area is 129 Å². The minimum absolute atomic E-state index is 0.217. The van der Waals surface area contributed by atoms with Crippen molar-refractivity contribution in [1.82, 2.24) is 25.1 Å². The Bertz CT molecular complexity index is 595. The van der Waals surface area contributed by atoms with Crippen LogP contribution in [0.25, 0.3) is 0 Å². The van der Waals surface area contributed by atoms with E-state index in [-0.39, 0.29) is 6.04 Å². The number of hydrogen-bond acceptors (Lipinski definition) is 5. The maximum absolute atomic E-state index is 6.33. The van der Waals surface area contributed by atoms with Gasteiger partial charge in [0, 0.05) is 18.9 Å². The molecule has 0 spiro atoms. The molecule has 0 aliphatic heterocycles. The van der Waals surface area contributed by atoms with E-state index in [0.717, 1.165) is 29.9 Å². The van der Waals surface area contributed by atoms with Crippen molar-refractivity contribution in [2.75, 3.05) is 20.6 Å². The molecule has 0 radical (unpaired) electrons. The molecule has 7 heteroatoms. The highest BCUT2D eigenvalue weighted by Crippen LogP contribution is 2.29. The number of rotatable bonds is 6. The molecule has 0 bridgehead atoms. The van der Waals surface area contributed by atoms with Gasteiger partial charge in [0.05, 0.1) is 29.5 Å². The molecular formula is C14H21ClN6. The third kappa shape index (κ3) is 3.59. The van der Waals surface area contributed by atoms with Crippen molar-refractivity contribution in [3.05, 3.63) is 46.5 Å². The average molecular weight is 309 g/mol. The summed E-state index contributed by atoms with van der Waals surface area (Å²) in [5.41, 5.74) is 5.81. The highest BCUT2D eigenvalue weighted by atomic mass is 35.5. The van der Waals surface area contributed by atoms with E-state index in [1.165, 1.54) is 0 Å². The summed E-state index contributed by atoms with van der Waals surface area (Å²) in [6.07, 6.45) is 5.22. The SMILES string of the molecule is Cc1cnccc1C(NN)c1c(Cl)cnn1CCN(C)C. The molecule has 0 aliphatic rings. The summed E-state index contributed by atoms with van der Waals surface area (Å²) in [5.74, 6) is 5.78. The van der Waals surface area contributed by atoms with Crippen molar-refractivity contribution in [1.29, 1.82) is 0 Å². The number of nitrogens with one attached hydrogen (secondary N) is 1. The Balaban J connectivity index is 2.38. The predicted molar refractivity (Wildman–Crippen MR) is 83.9 cm³/mol. The summed E-state index contributed by atoms with van der Waals surface area (Å²) < 4.78 is 1.90. The van der Waals surface area contributed by atoms with Gasteiger partial charge in [-0.05, 0) is 38.2 Å². The summed E-state index contributed by atoms with van der Waals surface area (Å²) in [7, 11) is 4.05. The molecule has 21 heavy (non-hydrogen) atoms. The molecule has 0 saturated heterocycles. The van der Waals surface area contributed by atoms with Crippen molar-refractivity contribution in [2.45, 2.75) is 19.5 Å². The maximum atomic E-state index is 6.33. The van der Waals surface area contributed by atoms with Crippen LogP contribution in [-0.4, -0.2) is 40.3 Å². The molecule has 2 rings (SSSR count). The van der Waals surface area contributed by atoms with Gasteiger partial charge in [-0.15, -0.1) is 0 Å². The number of aryl methyl sites for hydroxylation is 1. The monoisotopic (exact) mass is 308 g/mol. The van der Waals surface area contributed by atoms with Gasteiger partial charge in [0.25, 0.3) is 0 Å². The van der Waals surface area contributed by atoms with Gasteiger partial charge in [-0.1, -0.05) is 11.6 Å². The van der Waals surface area contributed by atoms with E-state index < -0.39 is 0 Å². The lowest BCUT2D eigenvalue weighted by atomic mass is 10.0. The molecule has 1 atom stereocenters. The van der Waals surface area contributed by atoms with Crippen LogP contribution in [0.5, 0.6) is 0 Å². The second kappa shape index (κ2) is 7.00.